The third-order valence-electron chi connectivity index (χ3n) is 5.43. The largest absolute Gasteiger partial charge is 0.481 e. The summed E-state index contributed by atoms with van der Waals surface area (Å²) in [7, 11) is 0. The van der Waals surface area contributed by atoms with E-state index < -0.39 is 5.97 Å². The molecule has 1 N–H and O–H groups in total. The van der Waals surface area contributed by atoms with Crippen LogP contribution in [0.5, 0.6) is 0 Å². The normalized spacial score (nSPS) is 29.0. The first-order chi connectivity index (χ1) is 11.5. The molecule has 0 aromatic heterocycles. The number of carboxylic acid groups (broad SMARTS) is 1. The first kappa shape index (κ1) is 21.2. The molecule has 4 heteroatoms. The van der Waals surface area contributed by atoms with Crippen molar-refractivity contribution < 1.29 is 19.7 Å². The number of allylic oxidation sites excluding steroid dienone is 2. The highest BCUT2D eigenvalue weighted by Gasteiger charge is 2.42. The van der Waals surface area contributed by atoms with Gasteiger partial charge < -0.3 is 5.11 Å². The maximum Gasteiger partial charge on any atom is 0.306 e. The van der Waals surface area contributed by atoms with Crippen molar-refractivity contribution in [3.05, 3.63) is 12.2 Å². The lowest BCUT2D eigenvalue weighted by molar-refractivity contribution is -0.423. The lowest BCUT2D eigenvalue weighted by Crippen LogP contribution is -2.45. The van der Waals surface area contributed by atoms with Crippen LogP contribution in [0.2, 0.25) is 0 Å². The molecule has 1 aliphatic heterocycles. The fraction of sp³-hybridized carbons (Fsp3) is 0.850. The van der Waals surface area contributed by atoms with Crippen molar-refractivity contribution in [2.45, 2.75) is 97.2 Å². The van der Waals surface area contributed by atoms with Gasteiger partial charge in [-0.25, -0.2) is 9.78 Å². The van der Waals surface area contributed by atoms with E-state index in [1.54, 1.807) is 0 Å². The highest BCUT2D eigenvalue weighted by molar-refractivity contribution is 5.67. The first-order valence-electron chi connectivity index (χ1n) is 9.73. The number of hydrogen-bond acceptors (Lipinski definition) is 3. The molecule has 0 amide bonds. The molecular weight excluding hydrogens is 304 g/mol. The number of aliphatic carboxylic acids is 1. The summed E-state index contributed by atoms with van der Waals surface area (Å²) in [4.78, 5) is 22.3. The van der Waals surface area contributed by atoms with Gasteiger partial charge in [0.1, 0.15) is 11.7 Å². The zero-order valence-corrected chi connectivity index (χ0v) is 15.9. The van der Waals surface area contributed by atoms with E-state index in [2.05, 4.69) is 39.8 Å². The van der Waals surface area contributed by atoms with Crippen LogP contribution in [0.4, 0.5) is 0 Å². The molecule has 0 aromatic rings. The van der Waals surface area contributed by atoms with Gasteiger partial charge in [-0.2, -0.15) is 0 Å². The van der Waals surface area contributed by atoms with Crippen LogP contribution in [0.3, 0.4) is 0 Å². The zero-order valence-electron chi connectivity index (χ0n) is 15.9. The second-order valence-electron chi connectivity index (χ2n) is 7.12. The average molecular weight is 341 g/mol. The Morgan fingerprint density at radius 3 is 2.62 bits per heavy atom. The van der Waals surface area contributed by atoms with E-state index in [1.807, 2.05) is 0 Å². The SMILES string of the molecule is CC/C=C/C(CC)CCCC1(CC)CC(CC)C(CC(=O)O)OO1. The molecule has 0 spiro atoms. The fourth-order valence-corrected chi connectivity index (χ4v) is 3.64. The maximum atomic E-state index is 11.0. The number of hydrogen-bond donors (Lipinski definition) is 1. The summed E-state index contributed by atoms with van der Waals surface area (Å²) < 4.78 is 0. The topological polar surface area (TPSA) is 55.8 Å². The second kappa shape index (κ2) is 10.9. The molecule has 1 heterocycles. The minimum Gasteiger partial charge on any atom is -0.481 e. The third-order valence-corrected chi connectivity index (χ3v) is 5.43. The standard InChI is InChI=1S/C20H36O4/c1-5-9-11-16(6-2)12-10-13-20(8-4)15-17(7-3)18(23-24-20)14-19(21)22/h9,11,16-18H,5-8,10,12-15H2,1-4H3,(H,21,22)/b11-9+. The summed E-state index contributed by atoms with van der Waals surface area (Å²) in [6.07, 6.45) is 12.6. The summed E-state index contributed by atoms with van der Waals surface area (Å²) in [5.74, 6) is 0.0846. The van der Waals surface area contributed by atoms with Gasteiger partial charge in [0, 0.05) is 0 Å². The molecule has 0 aliphatic carbocycles. The van der Waals surface area contributed by atoms with Crippen LogP contribution >= 0.6 is 0 Å². The van der Waals surface area contributed by atoms with Gasteiger partial charge in [0.2, 0.25) is 0 Å². The molecule has 0 bridgehead atoms. The second-order valence-corrected chi connectivity index (χ2v) is 7.12. The molecule has 0 radical (unpaired) electrons. The average Bonchev–Trinajstić information content (AvgIpc) is 2.58. The lowest BCUT2D eigenvalue weighted by atomic mass is 9.79. The van der Waals surface area contributed by atoms with Gasteiger partial charge in [-0.05, 0) is 56.8 Å². The maximum absolute atomic E-state index is 11.0. The lowest BCUT2D eigenvalue weighted by Gasteiger charge is -2.42. The minimum atomic E-state index is -0.820. The predicted octanol–water partition coefficient (Wildman–Crippen LogP) is 5.52. The minimum absolute atomic E-state index is 0.0258. The quantitative estimate of drug-likeness (QED) is 0.397. The van der Waals surface area contributed by atoms with E-state index in [9.17, 15) is 4.79 Å². The Hall–Kier alpha value is -0.870. The van der Waals surface area contributed by atoms with Crippen molar-refractivity contribution >= 4 is 5.97 Å². The summed E-state index contributed by atoms with van der Waals surface area (Å²) in [5.41, 5.74) is -0.248. The third kappa shape index (κ3) is 6.56. The van der Waals surface area contributed by atoms with E-state index >= 15 is 0 Å². The molecule has 0 aromatic carbocycles. The van der Waals surface area contributed by atoms with E-state index in [-0.39, 0.29) is 24.0 Å². The number of carboxylic acids is 1. The van der Waals surface area contributed by atoms with Crippen LogP contribution in [-0.4, -0.2) is 22.8 Å². The fourth-order valence-electron chi connectivity index (χ4n) is 3.64. The van der Waals surface area contributed by atoms with Crippen molar-refractivity contribution in [3.8, 4) is 0 Å². The summed E-state index contributed by atoms with van der Waals surface area (Å²) >= 11 is 0. The smallest absolute Gasteiger partial charge is 0.306 e. The van der Waals surface area contributed by atoms with Gasteiger partial charge in [-0.3, -0.25) is 4.79 Å². The van der Waals surface area contributed by atoms with Crippen LogP contribution in [0.1, 0.15) is 85.5 Å². The summed E-state index contributed by atoms with van der Waals surface area (Å²) in [6, 6.07) is 0. The Morgan fingerprint density at radius 1 is 1.33 bits per heavy atom. The molecule has 4 atom stereocenters. The van der Waals surface area contributed by atoms with Crippen LogP contribution in [0.15, 0.2) is 12.2 Å². The first-order valence-corrected chi connectivity index (χ1v) is 9.73. The van der Waals surface area contributed by atoms with Gasteiger partial charge >= 0.3 is 5.97 Å². The Balaban J connectivity index is 2.57. The van der Waals surface area contributed by atoms with E-state index in [0.717, 1.165) is 38.5 Å². The Bertz CT molecular complexity index is 393. The Morgan fingerprint density at radius 2 is 2.08 bits per heavy atom. The number of carbonyl (C=O) groups is 1. The van der Waals surface area contributed by atoms with Gasteiger partial charge in [0.25, 0.3) is 0 Å². The molecular formula is C20H36O4. The van der Waals surface area contributed by atoms with Crippen molar-refractivity contribution in [2.24, 2.45) is 11.8 Å². The van der Waals surface area contributed by atoms with Crippen LogP contribution in [0.25, 0.3) is 0 Å². The molecule has 24 heavy (non-hydrogen) atoms. The highest BCUT2D eigenvalue weighted by Crippen LogP contribution is 2.40. The Kier molecular flexibility index (Phi) is 9.60. The van der Waals surface area contributed by atoms with Gasteiger partial charge in [0.15, 0.2) is 0 Å². The Labute approximate surface area is 147 Å². The molecule has 1 saturated heterocycles. The van der Waals surface area contributed by atoms with Gasteiger partial charge in [0.05, 0.1) is 6.42 Å². The monoisotopic (exact) mass is 340 g/mol. The van der Waals surface area contributed by atoms with Crippen molar-refractivity contribution in [3.63, 3.8) is 0 Å². The molecule has 1 rings (SSSR count). The van der Waals surface area contributed by atoms with Crippen molar-refractivity contribution in [1.29, 1.82) is 0 Å². The molecule has 4 unspecified atom stereocenters. The van der Waals surface area contributed by atoms with Crippen molar-refractivity contribution in [1.82, 2.24) is 0 Å². The van der Waals surface area contributed by atoms with Crippen LogP contribution in [0, 0.1) is 11.8 Å². The van der Waals surface area contributed by atoms with Crippen LogP contribution in [-0.2, 0) is 14.6 Å². The van der Waals surface area contributed by atoms with E-state index in [1.165, 1.54) is 12.8 Å². The highest BCUT2D eigenvalue weighted by atomic mass is 17.2. The van der Waals surface area contributed by atoms with Gasteiger partial charge in [-0.15, -0.1) is 0 Å². The van der Waals surface area contributed by atoms with Crippen molar-refractivity contribution in [2.75, 3.05) is 0 Å². The zero-order chi connectivity index (χ0) is 18.0. The van der Waals surface area contributed by atoms with E-state index in [4.69, 9.17) is 14.9 Å². The molecule has 0 saturated carbocycles. The predicted molar refractivity (Wildman–Crippen MR) is 96.7 cm³/mol. The molecule has 4 nitrogen and oxygen atoms in total. The summed E-state index contributed by atoms with van der Waals surface area (Å²) in [5, 5.41) is 9.02. The number of rotatable bonds is 11. The molecule has 1 fully saturated rings. The summed E-state index contributed by atoms with van der Waals surface area (Å²) in [6.45, 7) is 8.66. The van der Waals surface area contributed by atoms with E-state index in [0.29, 0.717) is 5.92 Å². The molecule has 140 valence electrons. The molecule has 1 aliphatic rings. The van der Waals surface area contributed by atoms with Crippen LogP contribution < -0.4 is 0 Å². The van der Waals surface area contributed by atoms with Gasteiger partial charge in [-0.1, -0.05) is 46.3 Å².